The molecule has 1 N–H and O–H groups in total. The van der Waals surface area contributed by atoms with Gasteiger partial charge in [0.05, 0.1) is 10.5 Å². The number of hydrogen-bond donors (Lipinski definition) is 1. The van der Waals surface area contributed by atoms with Crippen LogP contribution in [0.2, 0.25) is 0 Å². The summed E-state index contributed by atoms with van der Waals surface area (Å²) >= 11 is 0. The van der Waals surface area contributed by atoms with Crippen LogP contribution in [0.25, 0.3) is 0 Å². The maximum atomic E-state index is 12.8. The summed E-state index contributed by atoms with van der Waals surface area (Å²) in [6.45, 7) is 3.31. The molecule has 1 aromatic carbocycles. The lowest BCUT2D eigenvalue weighted by Gasteiger charge is -2.23. The number of benzene rings is 1. The highest BCUT2D eigenvalue weighted by molar-refractivity contribution is 7.90. The number of hydrogen-bond acceptors (Lipinski definition) is 4. The first-order valence-corrected chi connectivity index (χ1v) is 10.4. The van der Waals surface area contributed by atoms with Crippen LogP contribution in [0.4, 0.5) is 0 Å². The highest BCUT2D eigenvalue weighted by atomic mass is 35.5. The first-order chi connectivity index (χ1) is 12.4. The number of likely N-dealkylation sites (tertiary alicyclic amines) is 1. The Morgan fingerprint density at radius 1 is 1.07 bits per heavy atom. The van der Waals surface area contributed by atoms with Gasteiger partial charge in [-0.25, -0.2) is 12.4 Å². The van der Waals surface area contributed by atoms with Gasteiger partial charge in [-0.2, -0.15) is 0 Å². The fraction of sp³-hybridized carbons (Fsp3) is 0.421. The molecule has 2 saturated heterocycles. The molecule has 4 rings (SSSR count). The molecule has 2 unspecified atom stereocenters. The summed E-state index contributed by atoms with van der Waals surface area (Å²) in [5.74, 6) is -0.0998. The minimum absolute atomic E-state index is 0. The standard InChI is InChI=1S/C19H23N3O3S.ClH/c1-14-2-6-18(7-3-14)26(24,25)22-11-8-15(12-22)19(23)21-10-9-16-4-5-17(13-21)20-16;/h2-3,6-8,11-12,16-17,20H,4-5,9-10,13H2,1H3;1H. The van der Waals surface area contributed by atoms with E-state index < -0.39 is 10.0 Å². The quantitative estimate of drug-likeness (QED) is 0.845. The van der Waals surface area contributed by atoms with Crippen LogP contribution in [0.1, 0.15) is 35.2 Å². The van der Waals surface area contributed by atoms with E-state index in [4.69, 9.17) is 0 Å². The van der Waals surface area contributed by atoms with E-state index in [-0.39, 0.29) is 23.2 Å². The third-order valence-electron chi connectivity index (χ3n) is 5.32. The number of aryl methyl sites for hydroxylation is 1. The zero-order valence-electron chi connectivity index (χ0n) is 15.2. The van der Waals surface area contributed by atoms with Gasteiger partial charge in [0.1, 0.15) is 0 Å². The average molecular weight is 410 g/mol. The van der Waals surface area contributed by atoms with E-state index in [9.17, 15) is 13.2 Å². The van der Waals surface area contributed by atoms with E-state index in [0.717, 1.165) is 22.4 Å². The molecule has 0 radical (unpaired) electrons. The first kappa shape index (κ1) is 19.9. The SMILES string of the molecule is Cc1ccc(S(=O)(=O)n2ccc(C(=O)N3CCC4CCC(C3)N4)c2)cc1.Cl. The number of amides is 1. The van der Waals surface area contributed by atoms with E-state index >= 15 is 0 Å². The normalized spacial score (nSPS) is 22.2. The van der Waals surface area contributed by atoms with Crippen molar-refractivity contribution < 1.29 is 13.2 Å². The molecule has 1 amide bonds. The Morgan fingerprint density at radius 3 is 2.52 bits per heavy atom. The van der Waals surface area contributed by atoms with Crippen LogP contribution >= 0.6 is 12.4 Å². The summed E-state index contributed by atoms with van der Waals surface area (Å²) in [7, 11) is -3.68. The summed E-state index contributed by atoms with van der Waals surface area (Å²) in [4.78, 5) is 14.9. The molecule has 27 heavy (non-hydrogen) atoms. The zero-order valence-corrected chi connectivity index (χ0v) is 16.8. The van der Waals surface area contributed by atoms with Gasteiger partial charge in [-0.1, -0.05) is 17.7 Å². The lowest BCUT2D eigenvalue weighted by molar-refractivity contribution is 0.0748. The Morgan fingerprint density at radius 2 is 1.78 bits per heavy atom. The van der Waals surface area contributed by atoms with E-state index in [1.807, 2.05) is 11.8 Å². The number of halogens is 1. The second-order valence-corrected chi connectivity index (χ2v) is 9.07. The van der Waals surface area contributed by atoms with Crippen molar-refractivity contribution in [3.63, 3.8) is 0 Å². The molecule has 8 heteroatoms. The molecule has 2 aliphatic heterocycles. The number of nitrogens with zero attached hydrogens (tertiary/aromatic N) is 2. The predicted octanol–water partition coefficient (Wildman–Crippen LogP) is 2.42. The maximum Gasteiger partial charge on any atom is 0.267 e. The zero-order chi connectivity index (χ0) is 18.3. The minimum Gasteiger partial charge on any atom is -0.337 e. The van der Waals surface area contributed by atoms with Crippen molar-refractivity contribution in [3.05, 3.63) is 53.9 Å². The van der Waals surface area contributed by atoms with Gasteiger partial charge in [0.2, 0.25) is 0 Å². The minimum atomic E-state index is -3.68. The molecule has 146 valence electrons. The Balaban J connectivity index is 0.00000210. The molecule has 0 saturated carbocycles. The molecule has 2 aliphatic rings. The molecule has 6 nitrogen and oxygen atoms in total. The van der Waals surface area contributed by atoms with Gasteiger partial charge >= 0.3 is 0 Å². The van der Waals surface area contributed by atoms with Crippen LogP contribution in [-0.2, 0) is 10.0 Å². The molecule has 2 aromatic rings. The lowest BCUT2D eigenvalue weighted by atomic mass is 10.1. The van der Waals surface area contributed by atoms with Gasteiger partial charge in [-0.05, 0) is 44.4 Å². The summed E-state index contributed by atoms with van der Waals surface area (Å²) in [6, 6.07) is 9.15. The molecule has 1 aromatic heterocycles. The van der Waals surface area contributed by atoms with Gasteiger partial charge in [0, 0.05) is 37.6 Å². The molecular weight excluding hydrogens is 386 g/mol. The van der Waals surface area contributed by atoms with Crippen LogP contribution in [-0.4, -0.2) is 48.4 Å². The molecule has 0 spiro atoms. The molecule has 0 aliphatic carbocycles. The Kier molecular flexibility index (Phi) is 5.65. The number of fused-ring (bicyclic) bond motifs is 2. The summed E-state index contributed by atoms with van der Waals surface area (Å²) < 4.78 is 26.6. The first-order valence-electron chi connectivity index (χ1n) is 8.99. The topological polar surface area (TPSA) is 71.4 Å². The number of rotatable bonds is 3. The Labute approximate surface area is 166 Å². The van der Waals surface area contributed by atoms with Gasteiger partial charge < -0.3 is 10.2 Å². The van der Waals surface area contributed by atoms with Crippen molar-refractivity contribution in [2.24, 2.45) is 0 Å². The van der Waals surface area contributed by atoms with Crippen molar-refractivity contribution in [1.29, 1.82) is 0 Å². The second kappa shape index (κ2) is 7.66. The fourth-order valence-electron chi connectivity index (χ4n) is 3.79. The van der Waals surface area contributed by atoms with Crippen molar-refractivity contribution in [2.45, 2.75) is 43.2 Å². The van der Waals surface area contributed by atoms with Gasteiger partial charge in [-0.15, -0.1) is 12.4 Å². The van der Waals surface area contributed by atoms with Crippen LogP contribution in [0.3, 0.4) is 0 Å². The number of aromatic nitrogens is 1. The van der Waals surface area contributed by atoms with Crippen LogP contribution in [0.15, 0.2) is 47.6 Å². The van der Waals surface area contributed by atoms with Crippen molar-refractivity contribution in [3.8, 4) is 0 Å². The third kappa shape index (κ3) is 3.90. The Bertz CT molecular complexity index is 924. The molecule has 3 heterocycles. The Hall–Kier alpha value is -1.83. The van der Waals surface area contributed by atoms with Gasteiger partial charge in [-0.3, -0.25) is 4.79 Å². The number of carbonyl (C=O) groups excluding carboxylic acids is 1. The van der Waals surface area contributed by atoms with E-state index in [0.29, 0.717) is 30.7 Å². The molecule has 2 bridgehead atoms. The fourth-order valence-corrected chi connectivity index (χ4v) is 4.99. The highest BCUT2D eigenvalue weighted by Gasteiger charge is 2.32. The van der Waals surface area contributed by atoms with Crippen LogP contribution in [0.5, 0.6) is 0 Å². The van der Waals surface area contributed by atoms with Crippen molar-refractivity contribution >= 4 is 28.3 Å². The molecule has 2 fully saturated rings. The van der Waals surface area contributed by atoms with Gasteiger partial charge in [0.25, 0.3) is 15.9 Å². The average Bonchev–Trinajstić information content (AvgIpc) is 3.22. The van der Waals surface area contributed by atoms with Crippen LogP contribution < -0.4 is 5.32 Å². The summed E-state index contributed by atoms with van der Waals surface area (Å²) in [5, 5.41) is 3.55. The maximum absolute atomic E-state index is 12.8. The number of carbonyl (C=O) groups is 1. The largest absolute Gasteiger partial charge is 0.337 e. The molecular formula is C19H24ClN3O3S. The summed E-state index contributed by atoms with van der Waals surface area (Å²) in [6.07, 6.45) is 6.10. The van der Waals surface area contributed by atoms with E-state index in [1.165, 1.54) is 18.8 Å². The van der Waals surface area contributed by atoms with Crippen molar-refractivity contribution in [2.75, 3.05) is 13.1 Å². The lowest BCUT2D eigenvalue weighted by Crippen LogP contribution is -2.38. The second-order valence-electron chi connectivity index (χ2n) is 7.23. The van der Waals surface area contributed by atoms with E-state index in [2.05, 4.69) is 5.32 Å². The van der Waals surface area contributed by atoms with Gasteiger partial charge in [0.15, 0.2) is 0 Å². The monoisotopic (exact) mass is 409 g/mol. The van der Waals surface area contributed by atoms with Crippen LogP contribution in [0, 0.1) is 6.92 Å². The molecule has 2 atom stereocenters. The smallest absolute Gasteiger partial charge is 0.267 e. The predicted molar refractivity (Wildman–Crippen MR) is 106 cm³/mol. The number of nitrogens with one attached hydrogen (secondary N) is 1. The third-order valence-corrected chi connectivity index (χ3v) is 6.97. The van der Waals surface area contributed by atoms with Crippen molar-refractivity contribution in [1.82, 2.24) is 14.2 Å². The summed E-state index contributed by atoms with van der Waals surface area (Å²) in [5.41, 5.74) is 1.41. The van der Waals surface area contributed by atoms with E-state index in [1.54, 1.807) is 30.3 Å². The highest BCUT2D eigenvalue weighted by Crippen LogP contribution is 2.22.